The van der Waals surface area contributed by atoms with Gasteiger partial charge in [-0.15, -0.1) is 0 Å². The quantitative estimate of drug-likeness (QED) is 0.774. The van der Waals surface area contributed by atoms with E-state index in [2.05, 4.69) is 31.2 Å². The summed E-state index contributed by atoms with van der Waals surface area (Å²) in [5.41, 5.74) is 1.92. The van der Waals surface area contributed by atoms with Crippen molar-refractivity contribution in [1.29, 1.82) is 0 Å². The van der Waals surface area contributed by atoms with Gasteiger partial charge in [-0.25, -0.2) is 0 Å². The number of methoxy groups -OCH3 is 2. The van der Waals surface area contributed by atoms with Crippen LogP contribution in [0.1, 0.15) is 44.4 Å². The normalized spacial score (nSPS) is 19.7. The van der Waals surface area contributed by atoms with Crippen LogP contribution in [-0.2, 0) is 18.4 Å². The van der Waals surface area contributed by atoms with Crippen molar-refractivity contribution >= 4 is 5.91 Å². The maximum absolute atomic E-state index is 12.9. The minimum atomic E-state index is -0.244. The van der Waals surface area contributed by atoms with Gasteiger partial charge < -0.3 is 19.7 Å². The average Bonchev–Trinajstić information content (AvgIpc) is 3.23. The molecule has 7 heteroatoms. The molecule has 1 aromatic carbocycles. The highest BCUT2D eigenvalue weighted by atomic mass is 16.5. The van der Waals surface area contributed by atoms with Gasteiger partial charge in [-0.05, 0) is 38.5 Å². The zero-order valence-electron chi connectivity index (χ0n) is 18.2. The first-order chi connectivity index (χ1) is 13.7. The van der Waals surface area contributed by atoms with Gasteiger partial charge in [-0.2, -0.15) is 5.10 Å². The molecular formula is C22H32N4O3. The fourth-order valence-electron chi connectivity index (χ4n) is 4.16. The van der Waals surface area contributed by atoms with E-state index < -0.39 is 0 Å². The van der Waals surface area contributed by atoms with Crippen LogP contribution in [0, 0.1) is 5.92 Å². The van der Waals surface area contributed by atoms with E-state index in [9.17, 15) is 4.79 Å². The third-order valence-corrected chi connectivity index (χ3v) is 5.37. The van der Waals surface area contributed by atoms with E-state index in [0.29, 0.717) is 13.0 Å². The maximum Gasteiger partial charge on any atom is 0.223 e. The Balaban J connectivity index is 1.75. The van der Waals surface area contributed by atoms with Crippen molar-refractivity contribution in [3.8, 4) is 11.5 Å². The first-order valence-electron chi connectivity index (χ1n) is 9.96. The van der Waals surface area contributed by atoms with Crippen LogP contribution in [0.15, 0.2) is 30.6 Å². The second-order valence-electron chi connectivity index (χ2n) is 8.64. The van der Waals surface area contributed by atoms with Crippen LogP contribution in [0.4, 0.5) is 0 Å². The summed E-state index contributed by atoms with van der Waals surface area (Å²) < 4.78 is 12.5. The lowest BCUT2D eigenvalue weighted by Crippen LogP contribution is -2.44. The van der Waals surface area contributed by atoms with Gasteiger partial charge in [0.05, 0.1) is 26.5 Å². The molecule has 2 atom stereocenters. The number of aryl methyl sites for hydroxylation is 1. The molecule has 1 saturated heterocycles. The highest BCUT2D eigenvalue weighted by Crippen LogP contribution is 2.42. The largest absolute Gasteiger partial charge is 0.497 e. The van der Waals surface area contributed by atoms with Crippen LogP contribution in [0.5, 0.6) is 11.5 Å². The van der Waals surface area contributed by atoms with E-state index in [1.165, 1.54) is 0 Å². The van der Waals surface area contributed by atoms with Gasteiger partial charge in [0.1, 0.15) is 11.5 Å². The number of benzene rings is 1. The SMILES string of the molecule is COc1cc(CNC[C@@H]2CC(=O)N(C(C)(C)C)[C@H]2c2cnn(C)c2)cc(OC)c1. The number of nitrogens with one attached hydrogen (secondary N) is 1. The van der Waals surface area contributed by atoms with E-state index in [4.69, 9.17) is 9.47 Å². The molecule has 0 unspecified atom stereocenters. The Morgan fingerprint density at radius 1 is 1.17 bits per heavy atom. The van der Waals surface area contributed by atoms with Crippen molar-refractivity contribution in [2.24, 2.45) is 13.0 Å². The molecule has 1 amide bonds. The Morgan fingerprint density at radius 3 is 2.34 bits per heavy atom. The van der Waals surface area contributed by atoms with Gasteiger partial charge in [0.15, 0.2) is 0 Å². The summed E-state index contributed by atoms with van der Waals surface area (Å²) >= 11 is 0. The highest BCUT2D eigenvalue weighted by molar-refractivity contribution is 5.80. The first kappa shape index (κ1) is 21.2. The van der Waals surface area contributed by atoms with E-state index in [-0.39, 0.29) is 23.4 Å². The summed E-state index contributed by atoms with van der Waals surface area (Å²) in [5, 5.41) is 7.86. The van der Waals surface area contributed by atoms with Crippen LogP contribution in [-0.4, -0.2) is 46.9 Å². The Kier molecular flexibility index (Phi) is 6.17. The zero-order chi connectivity index (χ0) is 21.2. The van der Waals surface area contributed by atoms with Crippen molar-refractivity contribution < 1.29 is 14.3 Å². The summed E-state index contributed by atoms with van der Waals surface area (Å²) in [6.07, 6.45) is 4.43. The van der Waals surface area contributed by atoms with Crippen molar-refractivity contribution in [2.45, 2.75) is 45.3 Å². The molecular weight excluding hydrogens is 368 g/mol. The van der Waals surface area contributed by atoms with Gasteiger partial charge in [-0.3, -0.25) is 9.48 Å². The number of nitrogens with zero attached hydrogens (tertiary/aromatic N) is 3. The molecule has 1 fully saturated rings. The second kappa shape index (κ2) is 8.45. The first-order valence-corrected chi connectivity index (χ1v) is 9.96. The fraction of sp³-hybridized carbons (Fsp3) is 0.545. The van der Waals surface area contributed by atoms with Crippen LogP contribution in [0.2, 0.25) is 0 Å². The molecule has 158 valence electrons. The van der Waals surface area contributed by atoms with Crippen molar-refractivity contribution in [2.75, 3.05) is 20.8 Å². The zero-order valence-corrected chi connectivity index (χ0v) is 18.2. The number of hydrogen-bond acceptors (Lipinski definition) is 5. The molecule has 1 aliphatic rings. The Bertz CT molecular complexity index is 834. The van der Waals surface area contributed by atoms with Gasteiger partial charge in [-0.1, -0.05) is 0 Å². The highest BCUT2D eigenvalue weighted by Gasteiger charge is 2.45. The van der Waals surface area contributed by atoms with Gasteiger partial charge in [0.2, 0.25) is 5.91 Å². The molecule has 0 radical (unpaired) electrons. The molecule has 29 heavy (non-hydrogen) atoms. The predicted molar refractivity (Wildman–Crippen MR) is 112 cm³/mol. The lowest BCUT2D eigenvalue weighted by Gasteiger charge is -2.38. The third kappa shape index (κ3) is 4.72. The molecule has 2 heterocycles. The van der Waals surface area contributed by atoms with E-state index in [0.717, 1.165) is 29.2 Å². The van der Waals surface area contributed by atoms with Gasteiger partial charge >= 0.3 is 0 Å². The number of likely N-dealkylation sites (tertiary alicyclic amines) is 1. The third-order valence-electron chi connectivity index (χ3n) is 5.37. The van der Waals surface area contributed by atoms with E-state index in [1.54, 1.807) is 18.9 Å². The molecule has 0 spiro atoms. The standard InChI is InChI=1S/C22H32N4O3/c1-22(2,3)26-20(27)9-16(21(26)17-13-24-25(4)14-17)12-23-11-15-7-18(28-5)10-19(8-15)29-6/h7-8,10,13-14,16,21,23H,9,11-12H2,1-6H3/t16-,21+/m0/s1. The van der Waals surface area contributed by atoms with E-state index >= 15 is 0 Å². The molecule has 1 aromatic heterocycles. The molecule has 1 N–H and O–H groups in total. The molecule has 7 nitrogen and oxygen atoms in total. The summed E-state index contributed by atoms with van der Waals surface area (Å²) in [6.45, 7) is 7.68. The number of carbonyl (C=O) groups excluding carboxylic acids is 1. The Morgan fingerprint density at radius 2 is 1.83 bits per heavy atom. The Labute approximate surface area is 173 Å². The van der Waals surface area contributed by atoms with E-state index in [1.807, 2.05) is 42.5 Å². The molecule has 0 saturated carbocycles. The summed E-state index contributed by atoms with van der Waals surface area (Å²) in [7, 11) is 5.20. The second-order valence-corrected chi connectivity index (χ2v) is 8.64. The lowest BCUT2D eigenvalue weighted by atomic mass is 9.93. The fourth-order valence-corrected chi connectivity index (χ4v) is 4.16. The minimum absolute atomic E-state index is 0.0172. The number of carbonyl (C=O) groups is 1. The number of rotatable bonds is 7. The van der Waals surface area contributed by atoms with Crippen LogP contribution >= 0.6 is 0 Å². The molecule has 3 rings (SSSR count). The number of hydrogen-bond donors (Lipinski definition) is 1. The minimum Gasteiger partial charge on any atom is -0.497 e. The van der Waals surface area contributed by atoms with Crippen LogP contribution < -0.4 is 14.8 Å². The van der Waals surface area contributed by atoms with Gasteiger partial charge in [0, 0.05) is 55.8 Å². The monoisotopic (exact) mass is 400 g/mol. The molecule has 0 bridgehead atoms. The summed E-state index contributed by atoms with van der Waals surface area (Å²) in [4.78, 5) is 14.9. The van der Waals surface area contributed by atoms with Gasteiger partial charge in [0.25, 0.3) is 0 Å². The Hall–Kier alpha value is -2.54. The van der Waals surface area contributed by atoms with Crippen molar-refractivity contribution in [3.05, 3.63) is 41.7 Å². The summed E-state index contributed by atoms with van der Waals surface area (Å²) in [5.74, 6) is 1.91. The topological polar surface area (TPSA) is 68.6 Å². The molecule has 2 aromatic rings. The number of amides is 1. The van der Waals surface area contributed by atoms with Crippen molar-refractivity contribution in [3.63, 3.8) is 0 Å². The van der Waals surface area contributed by atoms with Crippen molar-refractivity contribution in [1.82, 2.24) is 20.0 Å². The van der Waals surface area contributed by atoms with Crippen LogP contribution in [0.3, 0.4) is 0 Å². The lowest BCUT2D eigenvalue weighted by molar-refractivity contribution is -0.133. The molecule has 0 aliphatic carbocycles. The number of ether oxygens (including phenoxy) is 2. The van der Waals surface area contributed by atoms with Crippen LogP contribution in [0.25, 0.3) is 0 Å². The summed E-state index contributed by atoms with van der Waals surface area (Å²) in [6, 6.07) is 5.87. The smallest absolute Gasteiger partial charge is 0.223 e. The number of aromatic nitrogens is 2. The molecule has 1 aliphatic heterocycles. The maximum atomic E-state index is 12.9. The average molecular weight is 401 g/mol. The predicted octanol–water partition coefficient (Wildman–Crippen LogP) is 2.92.